The minimum Gasteiger partial charge on any atom is -0.481 e. The van der Waals surface area contributed by atoms with E-state index in [1.807, 2.05) is 48.5 Å². The lowest BCUT2D eigenvalue weighted by Gasteiger charge is -2.35. The molecule has 0 saturated carbocycles. The van der Waals surface area contributed by atoms with Crippen LogP contribution in [0.3, 0.4) is 0 Å². The van der Waals surface area contributed by atoms with Crippen LogP contribution in [0.15, 0.2) is 72.3 Å². The summed E-state index contributed by atoms with van der Waals surface area (Å²) < 4.78 is 0. The number of carbonyl (C=O) groups is 2. The van der Waals surface area contributed by atoms with E-state index >= 15 is 0 Å². The molecule has 1 aliphatic rings. The summed E-state index contributed by atoms with van der Waals surface area (Å²) in [7, 11) is 0. The molecule has 3 rings (SSSR count). The maximum absolute atomic E-state index is 12.1. The van der Waals surface area contributed by atoms with E-state index in [2.05, 4.69) is 0 Å². The number of aryl methyl sites for hydroxylation is 1. The van der Waals surface area contributed by atoms with Crippen LogP contribution in [0.25, 0.3) is 11.1 Å². The van der Waals surface area contributed by atoms with E-state index in [9.17, 15) is 19.8 Å². The van der Waals surface area contributed by atoms with Gasteiger partial charge in [0.15, 0.2) is 0 Å². The Balaban J connectivity index is 1.84. The Morgan fingerprint density at radius 3 is 2.39 bits per heavy atom. The van der Waals surface area contributed by atoms with Gasteiger partial charge in [0.25, 0.3) is 0 Å². The Morgan fingerprint density at radius 1 is 1.07 bits per heavy atom. The van der Waals surface area contributed by atoms with Gasteiger partial charge in [-0.25, -0.2) is 4.79 Å². The van der Waals surface area contributed by atoms with Crippen LogP contribution in [0.2, 0.25) is 5.02 Å². The van der Waals surface area contributed by atoms with Gasteiger partial charge in [-0.3, -0.25) is 4.79 Å². The quantitative estimate of drug-likeness (QED) is 0.701. The molecule has 0 radical (unpaired) electrons. The highest BCUT2D eigenvalue weighted by atomic mass is 35.5. The van der Waals surface area contributed by atoms with Crippen molar-refractivity contribution in [1.82, 2.24) is 0 Å². The molecule has 0 heterocycles. The molecule has 0 spiro atoms. The molecular formula is C23H21ClO4. The summed E-state index contributed by atoms with van der Waals surface area (Å²) in [6, 6.07) is 15.6. The zero-order valence-corrected chi connectivity index (χ0v) is 16.2. The van der Waals surface area contributed by atoms with Gasteiger partial charge in [-0.2, -0.15) is 0 Å². The van der Waals surface area contributed by atoms with Crippen molar-refractivity contribution in [2.24, 2.45) is 11.3 Å². The normalized spacial score (nSPS) is 21.2. The van der Waals surface area contributed by atoms with Crippen molar-refractivity contribution in [3.05, 3.63) is 82.9 Å². The van der Waals surface area contributed by atoms with Gasteiger partial charge in [-0.15, -0.1) is 0 Å². The number of benzene rings is 2. The van der Waals surface area contributed by atoms with E-state index in [-0.39, 0.29) is 12.0 Å². The molecule has 1 aliphatic carbocycles. The Labute approximate surface area is 168 Å². The van der Waals surface area contributed by atoms with Crippen LogP contribution in [-0.4, -0.2) is 22.2 Å². The molecule has 5 heteroatoms. The van der Waals surface area contributed by atoms with Crippen LogP contribution in [0.1, 0.15) is 18.9 Å². The van der Waals surface area contributed by atoms with Crippen LogP contribution < -0.4 is 0 Å². The first-order valence-electron chi connectivity index (χ1n) is 9.05. The van der Waals surface area contributed by atoms with Gasteiger partial charge in [0, 0.05) is 16.5 Å². The average Bonchev–Trinajstić information content (AvgIpc) is 2.68. The number of allylic oxidation sites excluding steroid dienone is 2. The first-order valence-corrected chi connectivity index (χ1v) is 9.43. The van der Waals surface area contributed by atoms with Crippen LogP contribution in [0.5, 0.6) is 0 Å². The van der Waals surface area contributed by atoms with Gasteiger partial charge in [-0.1, -0.05) is 79.2 Å². The van der Waals surface area contributed by atoms with Crippen molar-refractivity contribution >= 4 is 23.5 Å². The number of hydrogen-bond donors (Lipinski definition) is 2. The van der Waals surface area contributed by atoms with E-state index in [1.54, 1.807) is 13.0 Å². The van der Waals surface area contributed by atoms with Gasteiger partial charge in [0.1, 0.15) is 0 Å². The molecule has 28 heavy (non-hydrogen) atoms. The predicted molar refractivity (Wildman–Crippen MR) is 109 cm³/mol. The molecule has 0 fully saturated rings. The molecule has 0 bridgehead atoms. The van der Waals surface area contributed by atoms with E-state index < -0.39 is 23.3 Å². The molecule has 0 aromatic heterocycles. The zero-order valence-electron chi connectivity index (χ0n) is 15.4. The average molecular weight is 397 g/mol. The summed E-state index contributed by atoms with van der Waals surface area (Å²) in [5.74, 6) is -2.76. The third kappa shape index (κ3) is 3.73. The van der Waals surface area contributed by atoms with Crippen molar-refractivity contribution in [1.29, 1.82) is 0 Å². The molecular weight excluding hydrogens is 376 g/mol. The van der Waals surface area contributed by atoms with Gasteiger partial charge >= 0.3 is 11.9 Å². The van der Waals surface area contributed by atoms with Gasteiger partial charge in [-0.05, 0) is 35.6 Å². The van der Waals surface area contributed by atoms with Crippen molar-refractivity contribution in [3.8, 4) is 11.1 Å². The Hall–Kier alpha value is -2.85. The van der Waals surface area contributed by atoms with E-state index in [1.165, 1.54) is 12.2 Å². The predicted octanol–water partition coefficient (Wildman–Crippen LogP) is 5.23. The maximum Gasteiger partial charge on any atom is 0.331 e. The fourth-order valence-electron chi connectivity index (χ4n) is 3.71. The minimum absolute atomic E-state index is 0.107. The SMILES string of the molecule is CC1C(C(=O)O)=CC=CC1(CCc1ccc(-c2ccccc2)cc1Cl)C(=O)O. The van der Waals surface area contributed by atoms with E-state index in [0.717, 1.165) is 16.7 Å². The highest BCUT2D eigenvalue weighted by Crippen LogP contribution is 2.42. The summed E-state index contributed by atoms with van der Waals surface area (Å²) in [6.07, 6.45) is 5.28. The van der Waals surface area contributed by atoms with Gasteiger partial charge in [0.2, 0.25) is 0 Å². The van der Waals surface area contributed by atoms with Gasteiger partial charge in [0.05, 0.1) is 5.41 Å². The maximum atomic E-state index is 12.1. The number of rotatable bonds is 6. The monoisotopic (exact) mass is 396 g/mol. The van der Waals surface area contributed by atoms with E-state index in [0.29, 0.717) is 11.4 Å². The molecule has 0 amide bonds. The number of halogens is 1. The molecule has 2 unspecified atom stereocenters. The molecule has 144 valence electrons. The molecule has 0 aliphatic heterocycles. The number of carboxylic acids is 2. The molecule has 0 saturated heterocycles. The molecule has 4 nitrogen and oxygen atoms in total. The Morgan fingerprint density at radius 2 is 1.79 bits per heavy atom. The summed E-state index contributed by atoms with van der Waals surface area (Å²) in [5, 5.41) is 19.8. The third-order valence-corrected chi connectivity index (χ3v) is 5.87. The van der Waals surface area contributed by atoms with E-state index in [4.69, 9.17) is 11.6 Å². The Bertz CT molecular complexity index is 962. The Kier molecular flexibility index (Phi) is 5.71. The van der Waals surface area contributed by atoms with Crippen molar-refractivity contribution in [3.63, 3.8) is 0 Å². The molecule has 2 N–H and O–H groups in total. The smallest absolute Gasteiger partial charge is 0.331 e. The lowest BCUT2D eigenvalue weighted by Crippen LogP contribution is -2.40. The van der Waals surface area contributed by atoms with Crippen LogP contribution >= 0.6 is 11.6 Å². The lowest BCUT2D eigenvalue weighted by molar-refractivity contribution is -0.149. The standard InChI is InChI=1S/C23H21ClO4/c1-15-19(21(25)26)8-5-12-23(15,22(27)28)13-11-17-9-10-18(14-20(17)24)16-6-3-2-4-7-16/h2-10,12,14-15H,11,13H2,1H3,(H,25,26)(H,27,28). The second-order valence-corrected chi connectivity index (χ2v) is 7.43. The summed E-state index contributed by atoms with van der Waals surface area (Å²) in [4.78, 5) is 23.6. The van der Waals surface area contributed by atoms with Gasteiger partial charge < -0.3 is 10.2 Å². The first kappa shape index (κ1) is 19.9. The summed E-state index contributed by atoms with van der Waals surface area (Å²) >= 11 is 6.47. The van der Waals surface area contributed by atoms with Crippen LogP contribution in [0, 0.1) is 11.3 Å². The highest BCUT2D eigenvalue weighted by Gasteiger charge is 2.45. The second kappa shape index (κ2) is 8.03. The zero-order chi connectivity index (χ0) is 20.3. The summed E-state index contributed by atoms with van der Waals surface area (Å²) in [6.45, 7) is 1.65. The highest BCUT2D eigenvalue weighted by molar-refractivity contribution is 6.31. The summed E-state index contributed by atoms with van der Waals surface area (Å²) in [5.41, 5.74) is 1.72. The lowest BCUT2D eigenvalue weighted by atomic mass is 9.67. The minimum atomic E-state index is -1.27. The second-order valence-electron chi connectivity index (χ2n) is 7.03. The molecule has 2 aromatic carbocycles. The van der Waals surface area contributed by atoms with Crippen molar-refractivity contribution in [2.75, 3.05) is 0 Å². The first-order chi connectivity index (χ1) is 13.3. The topological polar surface area (TPSA) is 74.6 Å². The van der Waals surface area contributed by atoms with Crippen molar-refractivity contribution < 1.29 is 19.8 Å². The molecule has 2 atom stereocenters. The number of carboxylic acid groups (broad SMARTS) is 2. The van der Waals surface area contributed by atoms with Crippen molar-refractivity contribution in [2.45, 2.75) is 19.8 Å². The van der Waals surface area contributed by atoms with Crippen LogP contribution in [-0.2, 0) is 16.0 Å². The third-order valence-electron chi connectivity index (χ3n) is 5.52. The van der Waals surface area contributed by atoms with Crippen LogP contribution in [0.4, 0.5) is 0 Å². The molecule has 2 aromatic rings. The largest absolute Gasteiger partial charge is 0.481 e. The fourth-order valence-corrected chi connectivity index (χ4v) is 3.99. The fraction of sp³-hybridized carbons (Fsp3) is 0.217. The number of aliphatic carboxylic acids is 2. The number of hydrogen-bond acceptors (Lipinski definition) is 2.